The molecule has 8 nitrogen and oxygen atoms in total. The Kier molecular flexibility index (Phi) is 5.50. The number of rotatable bonds is 5. The minimum Gasteiger partial charge on any atom is -0.493 e. The number of benzene rings is 1. The van der Waals surface area contributed by atoms with Gasteiger partial charge in [0.15, 0.2) is 11.5 Å². The number of amides is 1. The van der Waals surface area contributed by atoms with Crippen molar-refractivity contribution in [1.82, 2.24) is 9.21 Å². The van der Waals surface area contributed by atoms with Crippen LogP contribution < -0.4 is 14.2 Å². The summed E-state index contributed by atoms with van der Waals surface area (Å²) in [5, 5.41) is 0. The molecule has 0 unspecified atom stereocenters. The van der Waals surface area contributed by atoms with Crippen LogP contribution in [0.4, 0.5) is 3.89 Å². The van der Waals surface area contributed by atoms with E-state index in [-0.39, 0.29) is 49.1 Å². The first-order valence-corrected chi connectivity index (χ1v) is 8.45. The minimum atomic E-state index is -4.74. The maximum Gasteiger partial charge on any atom is 0.374 e. The number of hydrogen-bond donors (Lipinski definition) is 0. The second-order valence-corrected chi connectivity index (χ2v) is 6.36. The van der Waals surface area contributed by atoms with Gasteiger partial charge in [0.25, 0.3) is 5.91 Å². The molecule has 0 saturated carbocycles. The number of methoxy groups -OCH3 is 3. The summed E-state index contributed by atoms with van der Waals surface area (Å²) >= 11 is 0. The number of nitrogens with zero attached hydrogens (tertiary/aromatic N) is 2. The molecule has 1 aromatic rings. The summed E-state index contributed by atoms with van der Waals surface area (Å²) in [7, 11) is -0.436. The molecular formula is C14H19FN2O6S. The molecule has 1 saturated heterocycles. The highest BCUT2D eigenvalue weighted by atomic mass is 32.3. The van der Waals surface area contributed by atoms with Gasteiger partial charge in [-0.05, 0) is 12.1 Å². The van der Waals surface area contributed by atoms with Crippen LogP contribution in [-0.4, -0.2) is 71.0 Å². The van der Waals surface area contributed by atoms with Crippen molar-refractivity contribution in [1.29, 1.82) is 0 Å². The third kappa shape index (κ3) is 3.54. The minimum absolute atomic E-state index is 0.0828. The molecule has 1 fully saturated rings. The van der Waals surface area contributed by atoms with Gasteiger partial charge in [0, 0.05) is 26.2 Å². The number of ether oxygens (including phenoxy) is 3. The average molecular weight is 362 g/mol. The van der Waals surface area contributed by atoms with Crippen molar-refractivity contribution >= 4 is 16.3 Å². The molecule has 1 aliphatic heterocycles. The summed E-state index contributed by atoms with van der Waals surface area (Å²) in [6.07, 6.45) is 0. The molecule has 10 heteroatoms. The van der Waals surface area contributed by atoms with E-state index in [2.05, 4.69) is 0 Å². The normalized spacial score (nSPS) is 15.9. The molecule has 0 radical (unpaired) electrons. The van der Waals surface area contributed by atoms with Crippen molar-refractivity contribution in [3.63, 3.8) is 0 Å². The fourth-order valence-electron chi connectivity index (χ4n) is 2.55. The molecule has 0 aliphatic carbocycles. The van der Waals surface area contributed by atoms with Crippen molar-refractivity contribution < 1.29 is 31.3 Å². The number of carbonyl (C=O) groups excluding carboxylic acids is 1. The molecule has 0 spiro atoms. The fourth-order valence-corrected chi connectivity index (χ4v) is 3.15. The lowest BCUT2D eigenvalue weighted by Gasteiger charge is -2.32. The van der Waals surface area contributed by atoms with E-state index in [1.165, 1.54) is 26.2 Å². The molecule has 1 aromatic carbocycles. The van der Waals surface area contributed by atoms with E-state index in [0.29, 0.717) is 10.1 Å². The number of hydrogen-bond acceptors (Lipinski definition) is 6. The van der Waals surface area contributed by atoms with Gasteiger partial charge in [-0.1, -0.05) is 3.89 Å². The molecule has 1 aliphatic rings. The van der Waals surface area contributed by atoms with E-state index in [1.54, 1.807) is 12.1 Å². The van der Waals surface area contributed by atoms with Gasteiger partial charge in [-0.2, -0.15) is 12.7 Å². The molecule has 0 aromatic heterocycles. The summed E-state index contributed by atoms with van der Waals surface area (Å²) < 4.78 is 51.1. The summed E-state index contributed by atoms with van der Waals surface area (Å²) in [4.78, 5) is 14.1. The highest BCUT2D eigenvalue weighted by Gasteiger charge is 2.31. The molecule has 0 bridgehead atoms. The zero-order valence-electron chi connectivity index (χ0n) is 13.6. The maximum absolute atomic E-state index is 13.0. The molecule has 1 heterocycles. The first-order chi connectivity index (χ1) is 11.3. The van der Waals surface area contributed by atoms with Crippen molar-refractivity contribution in [2.24, 2.45) is 0 Å². The average Bonchev–Trinajstić information content (AvgIpc) is 2.58. The van der Waals surface area contributed by atoms with Gasteiger partial charge < -0.3 is 19.1 Å². The van der Waals surface area contributed by atoms with Crippen LogP contribution in [0.5, 0.6) is 17.2 Å². The zero-order valence-corrected chi connectivity index (χ0v) is 14.4. The Hall–Kier alpha value is -2.07. The summed E-state index contributed by atoms with van der Waals surface area (Å²) in [5.74, 6) is 0.571. The quantitative estimate of drug-likeness (QED) is 0.717. The highest BCUT2D eigenvalue weighted by Crippen LogP contribution is 2.40. The van der Waals surface area contributed by atoms with Crippen LogP contribution >= 0.6 is 0 Å². The lowest BCUT2D eigenvalue weighted by molar-refractivity contribution is 0.0691. The molecular weight excluding hydrogens is 343 g/mol. The van der Waals surface area contributed by atoms with Crippen LogP contribution in [0.1, 0.15) is 10.4 Å². The van der Waals surface area contributed by atoms with E-state index < -0.39 is 10.4 Å². The van der Waals surface area contributed by atoms with Crippen LogP contribution in [0, 0.1) is 0 Å². The van der Waals surface area contributed by atoms with E-state index in [9.17, 15) is 17.1 Å². The number of piperazine rings is 1. The van der Waals surface area contributed by atoms with Gasteiger partial charge in [-0.25, -0.2) is 0 Å². The molecule has 0 N–H and O–H groups in total. The molecule has 2 rings (SSSR count). The maximum atomic E-state index is 13.0. The SMILES string of the molecule is COc1ccc(C(=O)N2CCN(S(=O)(=O)F)CC2)c(OC)c1OC. The van der Waals surface area contributed by atoms with E-state index in [0.717, 1.165) is 0 Å². The molecule has 0 atom stereocenters. The summed E-state index contributed by atoms with van der Waals surface area (Å²) in [6, 6.07) is 3.12. The smallest absolute Gasteiger partial charge is 0.374 e. The summed E-state index contributed by atoms with van der Waals surface area (Å²) in [5.41, 5.74) is 0.256. The molecule has 24 heavy (non-hydrogen) atoms. The summed E-state index contributed by atoms with van der Waals surface area (Å²) in [6.45, 7) is -0.0285. The fraction of sp³-hybridized carbons (Fsp3) is 0.500. The first-order valence-electron chi connectivity index (χ1n) is 7.11. The molecule has 1 amide bonds. The largest absolute Gasteiger partial charge is 0.493 e. The van der Waals surface area contributed by atoms with Gasteiger partial charge in [0.1, 0.15) is 0 Å². The monoisotopic (exact) mass is 362 g/mol. The Morgan fingerprint density at radius 1 is 1.00 bits per heavy atom. The predicted octanol–water partition coefficient (Wildman–Crippen LogP) is 0.684. The van der Waals surface area contributed by atoms with Crippen LogP contribution in [0.15, 0.2) is 12.1 Å². The van der Waals surface area contributed by atoms with Gasteiger partial charge in [0.2, 0.25) is 5.75 Å². The Morgan fingerprint density at radius 3 is 2.04 bits per heavy atom. The Balaban J connectivity index is 2.25. The predicted molar refractivity (Wildman–Crippen MR) is 83.6 cm³/mol. The Bertz CT molecular complexity index is 716. The second kappa shape index (κ2) is 7.22. The van der Waals surface area contributed by atoms with Gasteiger partial charge in [-0.3, -0.25) is 4.79 Å². The van der Waals surface area contributed by atoms with Crippen molar-refractivity contribution in [3.8, 4) is 17.2 Å². The van der Waals surface area contributed by atoms with Crippen molar-refractivity contribution in [2.45, 2.75) is 0 Å². The van der Waals surface area contributed by atoms with Gasteiger partial charge >= 0.3 is 10.4 Å². The van der Waals surface area contributed by atoms with Gasteiger partial charge in [-0.15, -0.1) is 0 Å². The second-order valence-electron chi connectivity index (χ2n) is 5.02. The molecule has 134 valence electrons. The van der Waals surface area contributed by atoms with Crippen LogP contribution in [0.3, 0.4) is 0 Å². The topological polar surface area (TPSA) is 85.4 Å². The van der Waals surface area contributed by atoms with E-state index in [1.807, 2.05) is 0 Å². The number of halogens is 1. The van der Waals surface area contributed by atoms with Crippen LogP contribution in [0.25, 0.3) is 0 Å². The first kappa shape index (κ1) is 18.3. The van der Waals surface area contributed by atoms with Gasteiger partial charge in [0.05, 0.1) is 26.9 Å². The third-order valence-corrected chi connectivity index (χ3v) is 4.75. The van der Waals surface area contributed by atoms with Crippen molar-refractivity contribution in [2.75, 3.05) is 47.5 Å². The number of carbonyl (C=O) groups is 1. The lowest BCUT2D eigenvalue weighted by atomic mass is 10.1. The highest BCUT2D eigenvalue weighted by molar-refractivity contribution is 7.83. The van der Waals surface area contributed by atoms with E-state index >= 15 is 0 Å². The van der Waals surface area contributed by atoms with E-state index in [4.69, 9.17) is 14.2 Å². The third-order valence-electron chi connectivity index (χ3n) is 3.77. The van der Waals surface area contributed by atoms with Crippen molar-refractivity contribution in [3.05, 3.63) is 17.7 Å². The van der Waals surface area contributed by atoms with Crippen LogP contribution in [-0.2, 0) is 10.4 Å². The Morgan fingerprint density at radius 2 is 1.58 bits per heavy atom. The lowest BCUT2D eigenvalue weighted by Crippen LogP contribution is -2.49. The standard InChI is InChI=1S/C14H19FN2O6S/c1-21-11-5-4-10(12(22-2)13(11)23-3)14(18)16-6-8-17(9-7-16)24(15,19)20/h4-5H,6-9H2,1-3H3. The Labute approximate surface area is 140 Å². The van der Waals surface area contributed by atoms with Crippen LogP contribution in [0.2, 0.25) is 0 Å². The zero-order chi connectivity index (χ0) is 17.9.